The van der Waals surface area contributed by atoms with E-state index in [4.69, 9.17) is 4.74 Å². The van der Waals surface area contributed by atoms with Crippen LogP contribution in [-0.2, 0) is 14.3 Å². The number of hydrogen-bond acceptors (Lipinski definition) is 4. The van der Waals surface area contributed by atoms with Gasteiger partial charge in [0.05, 0.1) is 5.75 Å². The molecule has 0 spiro atoms. The van der Waals surface area contributed by atoms with E-state index in [1.807, 2.05) is 58.9 Å². The summed E-state index contributed by atoms with van der Waals surface area (Å²) in [6, 6.07) is 10.1. The number of esters is 1. The second kappa shape index (κ2) is 9.09. The first-order valence-electron chi connectivity index (χ1n) is 8.95. The van der Waals surface area contributed by atoms with Gasteiger partial charge in [0.2, 0.25) is 0 Å². The van der Waals surface area contributed by atoms with Crippen molar-refractivity contribution in [2.75, 3.05) is 11.1 Å². The van der Waals surface area contributed by atoms with Gasteiger partial charge in [-0.15, -0.1) is 11.8 Å². The molecule has 0 aliphatic heterocycles. The van der Waals surface area contributed by atoms with Gasteiger partial charge in [-0.1, -0.05) is 35.4 Å². The second-order valence-corrected chi connectivity index (χ2v) is 7.97. The summed E-state index contributed by atoms with van der Waals surface area (Å²) in [5.41, 5.74) is 6.22. The Balaban J connectivity index is 1.91. The van der Waals surface area contributed by atoms with E-state index in [0.29, 0.717) is 0 Å². The molecule has 0 radical (unpaired) electrons. The first kappa shape index (κ1) is 21.0. The summed E-state index contributed by atoms with van der Waals surface area (Å²) in [6.07, 6.45) is -0.850. The number of amides is 1. The summed E-state index contributed by atoms with van der Waals surface area (Å²) in [5, 5.41) is 2.88. The Hall–Kier alpha value is -2.27. The summed E-state index contributed by atoms with van der Waals surface area (Å²) in [7, 11) is 0. The number of hydrogen-bond donors (Lipinski definition) is 1. The number of rotatable bonds is 6. The highest BCUT2D eigenvalue weighted by Crippen LogP contribution is 2.24. The Kier molecular flexibility index (Phi) is 7.08. The van der Waals surface area contributed by atoms with Gasteiger partial charge in [-0.3, -0.25) is 9.59 Å². The van der Waals surface area contributed by atoms with Gasteiger partial charge in [0.1, 0.15) is 0 Å². The molecule has 0 aliphatic rings. The predicted octanol–water partition coefficient (Wildman–Crippen LogP) is 4.89. The van der Waals surface area contributed by atoms with Crippen molar-refractivity contribution in [1.29, 1.82) is 0 Å². The first-order valence-corrected chi connectivity index (χ1v) is 9.94. The van der Waals surface area contributed by atoms with E-state index in [0.717, 1.165) is 32.8 Å². The highest BCUT2D eigenvalue weighted by atomic mass is 32.2. The van der Waals surface area contributed by atoms with E-state index in [-0.39, 0.29) is 11.7 Å². The molecule has 0 unspecified atom stereocenters. The number of ether oxygens (including phenoxy) is 1. The fraction of sp³-hybridized carbons (Fsp3) is 0.364. The smallest absolute Gasteiger partial charge is 0.317 e. The molecular formula is C22H27NO3S. The minimum atomic E-state index is -0.850. The van der Waals surface area contributed by atoms with E-state index in [9.17, 15) is 9.59 Å². The lowest BCUT2D eigenvalue weighted by molar-refractivity contribution is -0.150. The van der Waals surface area contributed by atoms with Gasteiger partial charge in [0.25, 0.3) is 5.91 Å². The molecule has 0 heterocycles. The van der Waals surface area contributed by atoms with Crippen LogP contribution >= 0.6 is 11.8 Å². The molecule has 0 saturated carbocycles. The van der Waals surface area contributed by atoms with E-state index in [1.165, 1.54) is 17.3 Å². The van der Waals surface area contributed by atoms with Crippen LogP contribution < -0.4 is 5.32 Å². The molecule has 0 aromatic heterocycles. The standard InChI is InChI=1S/C22H27NO3S/c1-13-7-8-19(15(3)9-13)27-12-20(24)26-18(6)22(25)23-21-16(4)10-14(2)11-17(21)5/h7-11,18H,12H2,1-6H3,(H,23,25)/t18-/m0/s1. The number of carbonyl (C=O) groups is 2. The average Bonchev–Trinajstić information content (AvgIpc) is 2.57. The Morgan fingerprint density at radius 2 is 1.56 bits per heavy atom. The third-order valence-corrected chi connectivity index (χ3v) is 5.43. The number of thioether (sulfide) groups is 1. The molecule has 144 valence electrons. The molecule has 1 atom stereocenters. The van der Waals surface area contributed by atoms with E-state index in [1.54, 1.807) is 6.92 Å². The van der Waals surface area contributed by atoms with Gasteiger partial charge in [0, 0.05) is 10.6 Å². The average molecular weight is 386 g/mol. The molecule has 1 N–H and O–H groups in total. The van der Waals surface area contributed by atoms with Gasteiger partial charge in [-0.05, 0) is 64.3 Å². The third-order valence-electron chi connectivity index (χ3n) is 4.28. The number of aryl methyl sites for hydroxylation is 5. The van der Waals surface area contributed by atoms with Crippen LogP contribution in [0.3, 0.4) is 0 Å². The van der Waals surface area contributed by atoms with E-state index < -0.39 is 12.1 Å². The monoisotopic (exact) mass is 385 g/mol. The van der Waals surface area contributed by atoms with Crippen LogP contribution in [0.25, 0.3) is 0 Å². The molecule has 2 aromatic rings. The van der Waals surface area contributed by atoms with Crippen LogP contribution in [0.5, 0.6) is 0 Å². The van der Waals surface area contributed by atoms with Gasteiger partial charge in [-0.25, -0.2) is 0 Å². The topological polar surface area (TPSA) is 55.4 Å². The largest absolute Gasteiger partial charge is 0.452 e. The predicted molar refractivity (Wildman–Crippen MR) is 111 cm³/mol. The molecular weight excluding hydrogens is 358 g/mol. The van der Waals surface area contributed by atoms with Crippen LogP contribution in [-0.4, -0.2) is 23.7 Å². The van der Waals surface area contributed by atoms with Crippen molar-refractivity contribution in [3.63, 3.8) is 0 Å². The van der Waals surface area contributed by atoms with Crippen LogP contribution in [0.15, 0.2) is 35.2 Å². The van der Waals surface area contributed by atoms with Crippen molar-refractivity contribution in [3.05, 3.63) is 58.1 Å². The maximum absolute atomic E-state index is 12.4. The highest BCUT2D eigenvalue weighted by molar-refractivity contribution is 8.00. The van der Waals surface area contributed by atoms with Crippen LogP contribution in [0.1, 0.15) is 34.7 Å². The number of carbonyl (C=O) groups excluding carboxylic acids is 2. The fourth-order valence-electron chi connectivity index (χ4n) is 2.98. The summed E-state index contributed by atoms with van der Waals surface area (Å²) < 4.78 is 5.30. The molecule has 2 aromatic carbocycles. The minimum Gasteiger partial charge on any atom is -0.452 e. The minimum absolute atomic E-state index is 0.171. The SMILES string of the molecule is Cc1ccc(SCC(=O)O[C@@H](C)C(=O)Nc2c(C)cc(C)cc2C)c(C)c1. The van der Waals surface area contributed by atoms with Crippen molar-refractivity contribution in [3.8, 4) is 0 Å². The highest BCUT2D eigenvalue weighted by Gasteiger charge is 2.19. The summed E-state index contributed by atoms with van der Waals surface area (Å²) in [5.74, 6) is -0.556. The summed E-state index contributed by atoms with van der Waals surface area (Å²) >= 11 is 1.42. The van der Waals surface area contributed by atoms with Crippen molar-refractivity contribution in [2.45, 2.75) is 52.5 Å². The van der Waals surface area contributed by atoms with Gasteiger partial charge in [0.15, 0.2) is 6.10 Å². The normalized spacial score (nSPS) is 11.8. The van der Waals surface area contributed by atoms with E-state index in [2.05, 4.69) is 11.4 Å². The van der Waals surface area contributed by atoms with Crippen LogP contribution in [0.4, 0.5) is 5.69 Å². The van der Waals surface area contributed by atoms with E-state index >= 15 is 0 Å². The quantitative estimate of drug-likeness (QED) is 0.568. The molecule has 0 aliphatic carbocycles. The molecule has 4 nitrogen and oxygen atoms in total. The summed E-state index contributed by atoms with van der Waals surface area (Å²) in [4.78, 5) is 25.6. The lowest BCUT2D eigenvalue weighted by atomic mass is 10.0. The molecule has 0 fully saturated rings. The Morgan fingerprint density at radius 1 is 0.963 bits per heavy atom. The molecule has 0 bridgehead atoms. The number of anilines is 1. The Bertz CT molecular complexity index is 838. The van der Waals surface area contributed by atoms with Crippen molar-refractivity contribution < 1.29 is 14.3 Å². The maximum Gasteiger partial charge on any atom is 0.317 e. The molecule has 1 amide bonds. The van der Waals surface area contributed by atoms with Gasteiger partial charge < -0.3 is 10.1 Å². The molecule has 27 heavy (non-hydrogen) atoms. The number of benzene rings is 2. The van der Waals surface area contributed by atoms with Crippen molar-refractivity contribution >= 4 is 29.3 Å². The fourth-order valence-corrected chi connectivity index (χ4v) is 3.78. The number of nitrogens with one attached hydrogen (secondary N) is 1. The molecule has 5 heteroatoms. The summed E-state index contributed by atoms with van der Waals surface area (Å²) in [6.45, 7) is 11.6. The maximum atomic E-state index is 12.4. The lowest BCUT2D eigenvalue weighted by Gasteiger charge is -2.17. The van der Waals surface area contributed by atoms with Crippen LogP contribution in [0.2, 0.25) is 0 Å². The van der Waals surface area contributed by atoms with Crippen molar-refractivity contribution in [2.24, 2.45) is 0 Å². The zero-order chi connectivity index (χ0) is 20.1. The first-order chi connectivity index (χ1) is 12.7. The molecule has 2 rings (SSSR count). The van der Waals surface area contributed by atoms with Gasteiger partial charge >= 0.3 is 5.97 Å². The zero-order valence-corrected chi connectivity index (χ0v) is 17.6. The third kappa shape index (κ3) is 5.86. The van der Waals surface area contributed by atoms with Crippen LogP contribution in [0, 0.1) is 34.6 Å². The van der Waals surface area contributed by atoms with Gasteiger partial charge in [-0.2, -0.15) is 0 Å². The second-order valence-electron chi connectivity index (χ2n) is 6.95. The zero-order valence-electron chi connectivity index (χ0n) is 16.8. The van der Waals surface area contributed by atoms with Crippen molar-refractivity contribution in [1.82, 2.24) is 0 Å². The Morgan fingerprint density at radius 3 is 2.15 bits per heavy atom. The molecule has 0 saturated heterocycles. The lowest BCUT2D eigenvalue weighted by Crippen LogP contribution is -2.31. The Labute approximate surface area is 165 Å².